The van der Waals surface area contributed by atoms with Gasteiger partial charge in [0.15, 0.2) is 0 Å². The zero-order chi connectivity index (χ0) is 24.6. The van der Waals surface area contributed by atoms with E-state index in [2.05, 4.69) is 27.3 Å². The maximum absolute atomic E-state index is 12.5. The number of hydrogen-bond acceptors (Lipinski definition) is 5. The van der Waals surface area contributed by atoms with Crippen molar-refractivity contribution in [2.45, 2.75) is 38.2 Å². The highest BCUT2D eigenvalue weighted by atomic mass is 16.6. The van der Waals surface area contributed by atoms with Crippen LogP contribution in [0.5, 0.6) is 0 Å². The van der Waals surface area contributed by atoms with Crippen molar-refractivity contribution in [1.29, 1.82) is 0 Å². The lowest BCUT2D eigenvalue weighted by molar-refractivity contribution is -0.140. The van der Waals surface area contributed by atoms with Crippen molar-refractivity contribution >= 4 is 28.7 Å². The van der Waals surface area contributed by atoms with Crippen molar-refractivity contribution in [2.24, 2.45) is 0 Å². The molecule has 1 aliphatic rings. The number of rotatable bonds is 5. The fourth-order valence-electron chi connectivity index (χ4n) is 4.14. The van der Waals surface area contributed by atoms with Crippen LogP contribution in [0.2, 0.25) is 0 Å². The molecule has 3 N–H and O–H groups in total. The quantitative estimate of drug-likeness (QED) is 0.342. The number of benzene rings is 2. The first-order valence-electron chi connectivity index (χ1n) is 11.2. The summed E-state index contributed by atoms with van der Waals surface area (Å²) < 4.78 is 10.8. The van der Waals surface area contributed by atoms with E-state index in [9.17, 15) is 14.7 Å². The van der Waals surface area contributed by atoms with Gasteiger partial charge in [0, 0.05) is 22.7 Å². The monoisotopic (exact) mass is 469 g/mol. The molecule has 0 aliphatic heterocycles. The second-order valence-corrected chi connectivity index (χ2v) is 8.66. The molecule has 1 amide bonds. The number of carboxylic acids is 1. The number of nitrogens with one attached hydrogen (secondary N) is 2. The standard InChI is InChI=1S/C27H23N3O5/c1-16-24(29-26(33)34-17(2)19-6-4-3-5-7-19)23(35-30-16)11-9-18-8-10-20-21(15-28-22(20)14-18)27(12-13-27)25(31)32/h3-8,10,14-15,17,28H,12-13H2,1-2H3,(H,29,33)(H,31,32). The Bertz CT molecular complexity index is 1490. The predicted octanol–water partition coefficient (Wildman–Crippen LogP) is 5.29. The summed E-state index contributed by atoms with van der Waals surface area (Å²) in [6.07, 6.45) is 1.99. The maximum Gasteiger partial charge on any atom is 0.412 e. The number of carboxylic acid groups (broad SMARTS) is 1. The number of carbonyl (C=O) groups is 2. The highest BCUT2D eigenvalue weighted by Gasteiger charge is 2.52. The van der Waals surface area contributed by atoms with Gasteiger partial charge in [-0.15, -0.1) is 0 Å². The number of anilines is 1. The fourth-order valence-corrected chi connectivity index (χ4v) is 4.14. The molecule has 35 heavy (non-hydrogen) atoms. The number of H-pyrrole nitrogens is 1. The molecular weight excluding hydrogens is 446 g/mol. The zero-order valence-electron chi connectivity index (χ0n) is 19.2. The highest BCUT2D eigenvalue weighted by molar-refractivity contribution is 5.94. The third-order valence-corrected chi connectivity index (χ3v) is 6.32. The maximum atomic E-state index is 12.5. The number of carbonyl (C=O) groups excluding carboxylic acids is 1. The molecule has 1 fully saturated rings. The summed E-state index contributed by atoms with van der Waals surface area (Å²) in [5, 5.41) is 17.1. The van der Waals surface area contributed by atoms with Crippen molar-refractivity contribution in [3.63, 3.8) is 0 Å². The van der Waals surface area contributed by atoms with Crippen molar-refractivity contribution < 1.29 is 24.0 Å². The Labute approximate surface area is 201 Å². The third kappa shape index (κ3) is 4.24. The molecule has 1 aliphatic carbocycles. The molecule has 2 aromatic heterocycles. The number of fused-ring (bicyclic) bond motifs is 1. The molecule has 0 bridgehead atoms. The van der Waals surface area contributed by atoms with E-state index in [1.807, 2.05) is 48.5 Å². The lowest BCUT2D eigenvalue weighted by Gasteiger charge is -2.13. The average Bonchev–Trinajstić information content (AvgIpc) is 3.45. The van der Waals surface area contributed by atoms with Crippen LogP contribution in [0.3, 0.4) is 0 Å². The van der Waals surface area contributed by atoms with Crippen LogP contribution in [0.25, 0.3) is 10.9 Å². The van der Waals surface area contributed by atoms with E-state index in [4.69, 9.17) is 9.26 Å². The Kier molecular flexibility index (Phi) is 5.53. The molecule has 2 aromatic carbocycles. The van der Waals surface area contributed by atoms with Gasteiger partial charge in [0.25, 0.3) is 0 Å². The van der Waals surface area contributed by atoms with Crippen molar-refractivity contribution in [3.05, 3.63) is 82.9 Å². The van der Waals surface area contributed by atoms with Gasteiger partial charge in [0.1, 0.15) is 17.5 Å². The summed E-state index contributed by atoms with van der Waals surface area (Å²) in [4.78, 5) is 27.3. The number of aryl methyl sites for hydroxylation is 1. The summed E-state index contributed by atoms with van der Waals surface area (Å²) in [7, 11) is 0. The normalized spacial score (nSPS) is 14.6. The molecule has 8 nitrogen and oxygen atoms in total. The molecule has 5 rings (SSSR count). The Morgan fingerprint density at radius 1 is 1.20 bits per heavy atom. The molecule has 0 saturated heterocycles. The lowest BCUT2D eigenvalue weighted by Crippen LogP contribution is -2.18. The van der Waals surface area contributed by atoms with Crippen molar-refractivity contribution in [3.8, 4) is 11.8 Å². The molecule has 0 spiro atoms. The minimum absolute atomic E-state index is 0.210. The smallest absolute Gasteiger partial charge is 0.412 e. The van der Waals surface area contributed by atoms with Crippen molar-refractivity contribution in [1.82, 2.24) is 10.1 Å². The number of hydrogen-bond donors (Lipinski definition) is 3. The van der Waals surface area contributed by atoms with E-state index in [0.717, 1.165) is 22.0 Å². The van der Waals surface area contributed by atoms with E-state index in [1.54, 1.807) is 20.0 Å². The first-order chi connectivity index (χ1) is 16.9. The average molecular weight is 469 g/mol. The Morgan fingerprint density at radius 3 is 2.69 bits per heavy atom. The van der Waals surface area contributed by atoms with Crippen LogP contribution in [0.4, 0.5) is 10.5 Å². The first-order valence-corrected chi connectivity index (χ1v) is 11.2. The van der Waals surface area contributed by atoms with E-state index in [0.29, 0.717) is 29.8 Å². The summed E-state index contributed by atoms with van der Waals surface area (Å²) in [5.41, 5.74) is 3.24. The van der Waals surface area contributed by atoms with Crippen LogP contribution in [-0.4, -0.2) is 27.3 Å². The number of ether oxygens (including phenoxy) is 1. The van der Waals surface area contributed by atoms with E-state index >= 15 is 0 Å². The number of amides is 1. The number of aliphatic carboxylic acids is 1. The number of nitrogens with zero attached hydrogens (tertiary/aromatic N) is 1. The molecular formula is C27H23N3O5. The Balaban J connectivity index is 1.33. The van der Waals surface area contributed by atoms with Crippen molar-refractivity contribution in [2.75, 3.05) is 5.32 Å². The highest BCUT2D eigenvalue weighted by Crippen LogP contribution is 2.50. The second-order valence-electron chi connectivity index (χ2n) is 8.66. The Hall–Kier alpha value is -4.51. The van der Waals surface area contributed by atoms with E-state index in [-0.39, 0.29) is 5.76 Å². The molecule has 4 aromatic rings. The third-order valence-electron chi connectivity index (χ3n) is 6.32. The van der Waals surface area contributed by atoms with E-state index in [1.165, 1.54) is 0 Å². The van der Waals surface area contributed by atoms with Gasteiger partial charge in [0.05, 0.1) is 5.41 Å². The van der Waals surface area contributed by atoms with Gasteiger partial charge in [-0.25, -0.2) is 4.79 Å². The summed E-state index contributed by atoms with van der Waals surface area (Å²) >= 11 is 0. The van der Waals surface area contributed by atoms with Gasteiger partial charge in [-0.3, -0.25) is 10.1 Å². The van der Waals surface area contributed by atoms with Crippen LogP contribution in [0.15, 0.2) is 59.3 Å². The molecule has 1 atom stereocenters. The van der Waals surface area contributed by atoms with Crippen LogP contribution in [0.1, 0.15) is 54.0 Å². The van der Waals surface area contributed by atoms with Gasteiger partial charge in [-0.2, -0.15) is 0 Å². The Morgan fingerprint density at radius 2 is 1.97 bits per heavy atom. The second kappa shape index (κ2) is 8.69. The van der Waals surface area contributed by atoms with Gasteiger partial charge >= 0.3 is 12.1 Å². The molecule has 1 unspecified atom stereocenters. The van der Waals surface area contributed by atoms with Gasteiger partial charge in [0.2, 0.25) is 5.76 Å². The molecule has 8 heteroatoms. The fraction of sp³-hybridized carbons (Fsp3) is 0.222. The van der Waals surface area contributed by atoms with E-state index < -0.39 is 23.6 Å². The number of aromatic amines is 1. The lowest BCUT2D eigenvalue weighted by atomic mass is 9.95. The molecule has 2 heterocycles. The minimum atomic E-state index is -0.792. The largest absolute Gasteiger partial charge is 0.481 e. The molecule has 176 valence electrons. The summed E-state index contributed by atoms with van der Waals surface area (Å²) in [5.74, 6) is 5.35. The molecule has 1 saturated carbocycles. The topological polar surface area (TPSA) is 117 Å². The predicted molar refractivity (Wildman–Crippen MR) is 129 cm³/mol. The first kappa shape index (κ1) is 22.3. The summed E-state index contributed by atoms with van der Waals surface area (Å²) in [6, 6.07) is 15.0. The van der Waals surface area contributed by atoms with Crippen LogP contribution in [0, 0.1) is 18.8 Å². The van der Waals surface area contributed by atoms with Crippen LogP contribution >= 0.6 is 0 Å². The van der Waals surface area contributed by atoms with Crippen LogP contribution in [-0.2, 0) is 14.9 Å². The van der Waals surface area contributed by atoms with Gasteiger partial charge in [-0.1, -0.05) is 47.5 Å². The SMILES string of the molecule is Cc1noc(C#Cc2ccc3c(C4(C(=O)O)CC4)c[nH]c3c2)c1NC(=O)OC(C)c1ccccc1. The molecule has 0 radical (unpaired) electrons. The van der Waals surface area contributed by atoms with Gasteiger partial charge < -0.3 is 19.4 Å². The summed E-state index contributed by atoms with van der Waals surface area (Å²) in [6.45, 7) is 3.49. The van der Waals surface area contributed by atoms with Gasteiger partial charge in [-0.05, 0) is 55.9 Å². The minimum Gasteiger partial charge on any atom is -0.481 e. The number of aromatic nitrogens is 2. The zero-order valence-corrected chi connectivity index (χ0v) is 19.2. The van der Waals surface area contributed by atoms with Crippen LogP contribution < -0.4 is 5.32 Å².